The van der Waals surface area contributed by atoms with Gasteiger partial charge in [0.25, 0.3) is 0 Å². The summed E-state index contributed by atoms with van der Waals surface area (Å²) in [6.07, 6.45) is 0.842. The molecule has 0 radical (unpaired) electrons. The number of ether oxygens (including phenoxy) is 2. The number of aliphatic hydroxyl groups is 1. The molecule has 1 aliphatic rings. The monoisotopic (exact) mass is 538 g/mol. The Kier molecular flexibility index (Phi) is 9.36. The summed E-state index contributed by atoms with van der Waals surface area (Å²) in [5, 5.41) is 20.7. The van der Waals surface area contributed by atoms with Crippen LogP contribution in [-0.4, -0.2) is 83.3 Å². The van der Waals surface area contributed by atoms with Gasteiger partial charge in [0, 0.05) is 36.8 Å². The zero-order chi connectivity index (χ0) is 27.9. The molecule has 0 spiro atoms. The first-order chi connectivity index (χ1) is 18.8. The standard InChI is InChI=1S/C28H38N6O5/c1-6-37-28(36)34-12-8-10-21(15-34)30-26-17(2)25(24-18(3)33-39-19(24)4)31-27(32-26)20-9-7-11-23(13-20)38-16-22(35)14-29-5/h7,9,11,13,21-22,29,35H,6,8,10,12,14-16H2,1-5H3,(H,30,31,32). The molecule has 0 saturated carbocycles. The first-order valence-corrected chi connectivity index (χ1v) is 13.4. The van der Waals surface area contributed by atoms with Crippen molar-refractivity contribution < 1.29 is 23.9 Å². The third-order valence-electron chi connectivity index (χ3n) is 6.68. The van der Waals surface area contributed by atoms with Gasteiger partial charge in [0.1, 0.15) is 30.0 Å². The van der Waals surface area contributed by atoms with Gasteiger partial charge in [-0.05, 0) is 59.7 Å². The average Bonchev–Trinajstić information content (AvgIpc) is 3.26. The normalized spacial score (nSPS) is 16.2. The van der Waals surface area contributed by atoms with Crippen LogP contribution in [-0.2, 0) is 4.74 Å². The third-order valence-corrected chi connectivity index (χ3v) is 6.68. The quantitative estimate of drug-likeness (QED) is 0.350. The number of carbonyl (C=O) groups excluding carboxylic acids is 1. The molecule has 2 unspecified atom stereocenters. The molecule has 0 bridgehead atoms. The zero-order valence-corrected chi connectivity index (χ0v) is 23.3. The number of anilines is 1. The Morgan fingerprint density at radius 3 is 2.82 bits per heavy atom. The summed E-state index contributed by atoms with van der Waals surface area (Å²) in [5.74, 6) is 2.48. The van der Waals surface area contributed by atoms with Crippen molar-refractivity contribution in [2.24, 2.45) is 0 Å². The maximum atomic E-state index is 12.4. The van der Waals surface area contributed by atoms with Crippen LogP contribution in [0.1, 0.15) is 36.8 Å². The summed E-state index contributed by atoms with van der Waals surface area (Å²) < 4.78 is 16.5. The molecule has 4 rings (SSSR count). The van der Waals surface area contributed by atoms with Crippen molar-refractivity contribution in [2.45, 2.75) is 52.7 Å². The summed E-state index contributed by atoms with van der Waals surface area (Å²) in [4.78, 5) is 23.9. The van der Waals surface area contributed by atoms with Crippen LogP contribution in [0.4, 0.5) is 10.6 Å². The Morgan fingerprint density at radius 1 is 1.28 bits per heavy atom. The lowest BCUT2D eigenvalue weighted by Crippen LogP contribution is -2.45. The van der Waals surface area contributed by atoms with Crippen molar-refractivity contribution in [1.82, 2.24) is 25.3 Å². The van der Waals surface area contributed by atoms with E-state index in [9.17, 15) is 9.90 Å². The van der Waals surface area contributed by atoms with Crippen molar-refractivity contribution in [1.29, 1.82) is 0 Å². The molecule has 210 valence electrons. The van der Waals surface area contributed by atoms with E-state index in [2.05, 4.69) is 15.8 Å². The molecule has 11 nitrogen and oxygen atoms in total. The molecule has 1 saturated heterocycles. The minimum absolute atomic E-state index is 0.00505. The second-order valence-electron chi connectivity index (χ2n) is 9.75. The number of nitrogens with one attached hydrogen (secondary N) is 2. The van der Waals surface area contributed by atoms with Crippen molar-refractivity contribution in [3.8, 4) is 28.4 Å². The zero-order valence-electron chi connectivity index (χ0n) is 23.3. The van der Waals surface area contributed by atoms with Gasteiger partial charge in [0.2, 0.25) is 0 Å². The van der Waals surface area contributed by atoms with E-state index in [1.807, 2.05) is 52.0 Å². The number of likely N-dealkylation sites (N-methyl/N-ethyl adjacent to an activating group) is 1. The van der Waals surface area contributed by atoms with Gasteiger partial charge < -0.3 is 34.6 Å². The second kappa shape index (κ2) is 12.9. The molecule has 39 heavy (non-hydrogen) atoms. The van der Waals surface area contributed by atoms with Gasteiger partial charge in [-0.25, -0.2) is 14.8 Å². The first-order valence-electron chi connectivity index (χ1n) is 13.4. The Labute approximate surface area is 228 Å². The maximum Gasteiger partial charge on any atom is 0.409 e. The van der Waals surface area contributed by atoms with Gasteiger partial charge in [-0.1, -0.05) is 17.3 Å². The fourth-order valence-electron chi connectivity index (χ4n) is 4.73. The lowest BCUT2D eigenvalue weighted by atomic mass is 10.0. The van der Waals surface area contributed by atoms with E-state index in [1.54, 1.807) is 11.9 Å². The minimum Gasteiger partial charge on any atom is -0.491 e. The molecular weight excluding hydrogens is 500 g/mol. The summed E-state index contributed by atoms with van der Waals surface area (Å²) >= 11 is 0. The number of nitrogens with zero attached hydrogens (tertiary/aromatic N) is 4. The van der Waals surface area contributed by atoms with Gasteiger partial charge in [-0.3, -0.25) is 0 Å². The van der Waals surface area contributed by atoms with Gasteiger partial charge in [0.15, 0.2) is 5.82 Å². The summed E-state index contributed by atoms with van der Waals surface area (Å²) in [5.41, 5.74) is 3.94. The number of aliphatic hydroxyl groups excluding tert-OH is 1. The molecule has 0 aliphatic carbocycles. The summed E-state index contributed by atoms with van der Waals surface area (Å²) in [7, 11) is 1.78. The number of hydrogen-bond donors (Lipinski definition) is 3. The topological polar surface area (TPSA) is 135 Å². The first kappa shape index (κ1) is 28.3. The van der Waals surface area contributed by atoms with E-state index < -0.39 is 6.10 Å². The summed E-state index contributed by atoms with van der Waals surface area (Å²) in [6, 6.07) is 7.50. The van der Waals surface area contributed by atoms with E-state index in [1.165, 1.54) is 0 Å². The molecule has 3 N–H and O–H groups in total. The highest BCUT2D eigenvalue weighted by Gasteiger charge is 2.27. The highest BCUT2D eigenvalue weighted by atomic mass is 16.6. The van der Waals surface area contributed by atoms with Crippen LogP contribution in [0.15, 0.2) is 28.8 Å². The lowest BCUT2D eigenvalue weighted by molar-refractivity contribution is 0.0975. The van der Waals surface area contributed by atoms with Crippen molar-refractivity contribution in [3.05, 3.63) is 41.3 Å². The van der Waals surface area contributed by atoms with E-state index in [-0.39, 0.29) is 18.7 Å². The SMILES string of the molecule is CCOC(=O)N1CCCC(Nc2nc(-c3cccc(OCC(O)CNC)c3)nc(-c3c(C)noc3C)c2C)C1. The minimum atomic E-state index is -0.624. The molecule has 1 amide bonds. The molecule has 11 heteroatoms. The van der Waals surface area contributed by atoms with E-state index in [0.717, 1.165) is 40.9 Å². The smallest absolute Gasteiger partial charge is 0.409 e. The molecular formula is C28H38N6O5. The summed E-state index contributed by atoms with van der Waals surface area (Å²) in [6.45, 7) is 9.68. The van der Waals surface area contributed by atoms with Crippen LogP contribution in [0.25, 0.3) is 22.6 Å². The molecule has 3 aromatic rings. The van der Waals surface area contributed by atoms with Crippen LogP contribution >= 0.6 is 0 Å². The maximum absolute atomic E-state index is 12.4. The van der Waals surface area contributed by atoms with Gasteiger partial charge in [0.05, 0.1) is 23.6 Å². The van der Waals surface area contributed by atoms with E-state index in [0.29, 0.717) is 49.4 Å². The van der Waals surface area contributed by atoms with Gasteiger partial charge >= 0.3 is 6.09 Å². The fraction of sp³-hybridized carbons (Fsp3) is 0.500. The molecule has 1 aromatic carbocycles. The number of amides is 1. The largest absolute Gasteiger partial charge is 0.491 e. The van der Waals surface area contributed by atoms with E-state index >= 15 is 0 Å². The van der Waals surface area contributed by atoms with Crippen LogP contribution in [0, 0.1) is 20.8 Å². The third kappa shape index (κ3) is 6.85. The van der Waals surface area contributed by atoms with Gasteiger partial charge in [-0.2, -0.15) is 0 Å². The number of aromatic nitrogens is 3. The Morgan fingerprint density at radius 2 is 2.10 bits per heavy atom. The van der Waals surface area contributed by atoms with Crippen molar-refractivity contribution in [2.75, 3.05) is 45.2 Å². The fourth-order valence-corrected chi connectivity index (χ4v) is 4.73. The average molecular weight is 539 g/mol. The number of benzene rings is 1. The Bertz CT molecular complexity index is 1260. The van der Waals surface area contributed by atoms with Gasteiger partial charge in [-0.15, -0.1) is 0 Å². The van der Waals surface area contributed by atoms with Crippen LogP contribution in [0.3, 0.4) is 0 Å². The Hall–Kier alpha value is -3.70. The molecule has 2 atom stereocenters. The second-order valence-corrected chi connectivity index (χ2v) is 9.75. The number of aryl methyl sites for hydroxylation is 2. The number of rotatable bonds is 10. The predicted octanol–water partition coefficient (Wildman–Crippen LogP) is 3.72. The Balaban J connectivity index is 1.68. The predicted molar refractivity (Wildman–Crippen MR) is 148 cm³/mol. The van der Waals surface area contributed by atoms with Crippen LogP contribution in [0.2, 0.25) is 0 Å². The number of carbonyl (C=O) groups is 1. The highest BCUT2D eigenvalue weighted by molar-refractivity contribution is 5.75. The lowest BCUT2D eigenvalue weighted by Gasteiger charge is -2.33. The van der Waals surface area contributed by atoms with E-state index in [4.69, 9.17) is 24.0 Å². The number of likely N-dealkylation sites (tertiary alicyclic amines) is 1. The molecule has 3 heterocycles. The molecule has 1 aliphatic heterocycles. The number of hydrogen-bond acceptors (Lipinski definition) is 10. The van der Waals surface area contributed by atoms with Crippen LogP contribution in [0.5, 0.6) is 5.75 Å². The molecule has 2 aromatic heterocycles. The van der Waals surface area contributed by atoms with Crippen LogP contribution < -0.4 is 15.4 Å². The highest BCUT2D eigenvalue weighted by Crippen LogP contribution is 2.34. The molecule has 1 fully saturated rings. The van der Waals surface area contributed by atoms with Crippen molar-refractivity contribution in [3.63, 3.8) is 0 Å². The number of piperidine rings is 1. The van der Waals surface area contributed by atoms with Crippen molar-refractivity contribution >= 4 is 11.9 Å².